The van der Waals surface area contributed by atoms with Crippen molar-refractivity contribution in [1.82, 2.24) is 0 Å². The van der Waals surface area contributed by atoms with Gasteiger partial charge in [0.1, 0.15) is 5.82 Å². The highest BCUT2D eigenvalue weighted by Gasteiger charge is 2.35. The van der Waals surface area contributed by atoms with Crippen molar-refractivity contribution in [3.05, 3.63) is 47.8 Å². The van der Waals surface area contributed by atoms with Crippen molar-refractivity contribution in [2.45, 2.75) is 19.8 Å². The van der Waals surface area contributed by atoms with Gasteiger partial charge in [-0.3, -0.25) is 9.59 Å². The molecule has 28 heavy (non-hydrogen) atoms. The van der Waals surface area contributed by atoms with Crippen molar-refractivity contribution in [3.63, 3.8) is 0 Å². The number of rotatable bonds is 3. The van der Waals surface area contributed by atoms with Crippen LogP contribution in [0.25, 0.3) is 0 Å². The van der Waals surface area contributed by atoms with E-state index in [1.807, 2.05) is 0 Å². The maximum atomic E-state index is 13.8. The minimum absolute atomic E-state index is 0.0892. The number of ether oxygens (including phenoxy) is 2. The summed E-state index contributed by atoms with van der Waals surface area (Å²) in [7, 11) is 0. The molecule has 1 atom stereocenters. The van der Waals surface area contributed by atoms with Crippen molar-refractivity contribution in [2.24, 2.45) is 5.92 Å². The van der Waals surface area contributed by atoms with Crippen LogP contribution in [0, 0.1) is 18.7 Å². The van der Waals surface area contributed by atoms with Crippen LogP contribution in [-0.4, -0.2) is 31.6 Å². The van der Waals surface area contributed by atoms with Crippen molar-refractivity contribution in [1.29, 1.82) is 0 Å². The molecule has 146 valence electrons. The first-order valence-electron chi connectivity index (χ1n) is 9.28. The summed E-state index contributed by atoms with van der Waals surface area (Å²) in [5.74, 6) is -0.0769. The summed E-state index contributed by atoms with van der Waals surface area (Å²) >= 11 is 0. The van der Waals surface area contributed by atoms with Crippen LogP contribution in [0.5, 0.6) is 11.5 Å². The van der Waals surface area contributed by atoms with Crippen LogP contribution < -0.4 is 19.7 Å². The first kappa shape index (κ1) is 18.3. The number of fused-ring (bicyclic) bond motifs is 1. The van der Waals surface area contributed by atoms with Crippen molar-refractivity contribution >= 4 is 23.2 Å². The van der Waals surface area contributed by atoms with Gasteiger partial charge in [-0.15, -0.1) is 0 Å². The molecule has 0 aromatic heterocycles. The van der Waals surface area contributed by atoms with Gasteiger partial charge in [0.15, 0.2) is 11.5 Å². The van der Waals surface area contributed by atoms with E-state index in [9.17, 15) is 14.0 Å². The molecule has 0 unspecified atom stereocenters. The third-order valence-corrected chi connectivity index (χ3v) is 4.98. The van der Waals surface area contributed by atoms with E-state index in [2.05, 4.69) is 5.32 Å². The SMILES string of the molecule is Cc1ccc(N2C[C@H](C(=O)Nc3ccc4c(c3)OCCCO4)CC2=O)cc1F. The molecule has 0 spiro atoms. The molecule has 0 radical (unpaired) electrons. The lowest BCUT2D eigenvalue weighted by molar-refractivity contribution is -0.122. The summed E-state index contributed by atoms with van der Waals surface area (Å²) in [4.78, 5) is 26.5. The molecule has 2 aromatic rings. The van der Waals surface area contributed by atoms with Crippen LogP contribution in [0.15, 0.2) is 36.4 Å². The number of nitrogens with zero attached hydrogens (tertiary/aromatic N) is 1. The quantitative estimate of drug-likeness (QED) is 0.882. The number of carbonyl (C=O) groups is 2. The molecular weight excluding hydrogens is 363 g/mol. The lowest BCUT2D eigenvalue weighted by atomic mass is 10.1. The number of hydrogen-bond acceptors (Lipinski definition) is 4. The maximum absolute atomic E-state index is 13.8. The van der Waals surface area contributed by atoms with E-state index in [-0.39, 0.29) is 30.6 Å². The Morgan fingerprint density at radius 3 is 2.71 bits per heavy atom. The summed E-state index contributed by atoms with van der Waals surface area (Å²) in [6.07, 6.45) is 0.891. The van der Waals surface area contributed by atoms with E-state index in [4.69, 9.17) is 9.47 Å². The zero-order valence-electron chi connectivity index (χ0n) is 15.5. The zero-order valence-corrected chi connectivity index (χ0v) is 15.5. The van der Waals surface area contributed by atoms with Gasteiger partial charge >= 0.3 is 0 Å². The Bertz CT molecular complexity index is 931. The summed E-state index contributed by atoms with van der Waals surface area (Å²) in [5, 5.41) is 2.84. The largest absolute Gasteiger partial charge is 0.490 e. The van der Waals surface area contributed by atoms with Crippen molar-refractivity contribution in [3.8, 4) is 11.5 Å². The topological polar surface area (TPSA) is 67.9 Å². The van der Waals surface area contributed by atoms with Crippen LogP contribution in [0.3, 0.4) is 0 Å². The molecular formula is C21H21FN2O4. The summed E-state index contributed by atoms with van der Waals surface area (Å²) < 4.78 is 25.0. The Hall–Kier alpha value is -3.09. The molecule has 7 heteroatoms. The number of carbonyl (C=O) groups excluding carboxylic acids is 2. The van der Waals surface area contributed by atoms with E-state index in [1.165, 1.54) is 11.0 Å². The number of aryl methyl sites for hydroxylation is 1. The average Bonchev–Trinajstić information content (AvgIpc) is 2.92. The molecule has 2 aromatic carbocycles. The predicted octanol–water partition coefficient (Wildman–Crippen LogP) is 3.29. The van der Waals surface area contributed by atoms with E-state index in [0.29, 0.717) is 41.7 Å². The lowest BCUT2D eigenvalue weighted by Gasteiger charge is -2.17. The van der Waals surface area contributed by atoms with E-state index >= 15 is 0 Å². The zero-order chi connectivity index (χ0) is 19.7. The molecule has 0 saturated carbocycles. The molecule has 1 saturated heterocycles. The molecule has 2 aliphatic heterocycles. The molecule has 0 bridgehead atoms. The third-order valence-electron chi connectivity index (χ3n) is 4.98. The molecule has 2 heterocycles. The standard InChI is InChI=1S/C21H21FN2O4/c1-13-3-5-16(11-17(13)22)24-12-14(9-20(24)25)21(26)23-15-4-6-18-19(10-15)28-8-2-7-27-18/h3-6,10-11,14H,2,7-9,12H2,1H3,(H,23,26)/t14-/m1/s1. The third kappa shape index (κ3) is 3.65. The van der Waals surface area contributed by atoms with Gasteiger partial charge in [-0.1, -0.05) is 6.07 Å². The van der Waals surface area contributed by atoms with Crippen molar-refractivity contribution < 1.29 is 23.5 Å². The van der Waals surface area contributed by atoms with E-state index < -0.39 is 5.92 Å². The van der Waals surface area contributed by atoms with Gasteiger partial charge in [0.25, 0.3) is 0 Å². The maximum Gasteiger partial charge on any atom is 0.229 e. The van der Waals surface area contributed by atoms with Gasteiger partial charge in [-0.25, -0.2) is 4.39 Å². The van der Waals surface area contributed by atoms with Gasteiger partial charge in [0, 0.05) is 36.8 Å². The number of hydrogen-bond donors (Lipinski definition) is 1. The molecule has 2 aliphatic rings. The summed E-state index contributed by atoms with van der Waals surface area (Å²) in [5.41, 5.74) is 1.57. The number of anilines is 2. The van der Waals surface area contributed by atoms with E-state index in [0.717, 1.165) is 6.42 Å². The molecule has 4 rings (SSSR count). The second-order valence-electron chi connectivity index (χ2n) is 7.04. The van der Waals surface area contributed by atoms with Gasteiger partial charge in [-0.05, 0) is 36.8 Å². The smallest absolute Gasteiger partial charge is 0.229 e. The highest BCUT2D eigenvalue weighted by atomic mass is 19.1. The minimum Gasteiger partial charge on any atom is -0.490 e. The first-order valence-corrected chi connectivity index (χ1v) is 9.28. The van der Waals surface area contributed by atoms with Crippen LogP contribution in [0.2, 0.25) is 0 Å². The Labute approximate surface area is 162 Å². The fourth-order valence-corrected chi connectivity index (χ4v) is 3.37. The summed E-state index contributed by atoms with van der Waals surface area (Å²) in [6.45, 7) is 3.04. The second-order valence-corrected chi connectivity index (χ2v) is 7.04. The normalized spacial score (nSPS) is 18.7. The molecule has 2 amide bonds. The Kier molecular flexibility index (Phi) is 4.90. The molecule has 6 nitrogen and oxygen atoms in total. The fraction of sp³-hybridized carbons (Fsp3) is 0.333. The highest BCUT2D eigenvalue weighted by Crippen LogP contribution is 2.33. The molecule has 1 N–H and O–H groups in total. The second kappa shape index (κ2) is 7.50. The number of nitrogens with one attached hydrogen (secondary N) is 1. The van der Waals surface area contributed by atoms with Crippen LogP contribution in [-0.2, 0) is 9.59 Å². The minimum atomic E-state index is -0.507. The van der Waals surface area contributed by atoms with Crippen LogP contribution in [0.1, 0.15) is 18.4 Å². The van der Waals surface area contributed by atoms with E-state index in [1.54, 1.807) is 37.3 Å². The monoisotopic (exact) mass is 384 g/mol. The number of halogens is 1. The van der Waals surface area contributed by atoms with Crippen molar-refractivity contribution in [2.75, 3.05) is 30.0 Å². The van der Waals surface area contributed by atoms with Crippen LogP contribution >= 0.6 is 0 Å². The highest BCUT2D eigenvalue weighted by molar-refractivity contribution is 6.03. The van der Waals surface area contributed by atoms with Gasteiger partial charge < -0.3 is 19.7 Å². The predicted molar refractivity (Wildman–Crippen MR) is 102 cm³/mol. The number of benzene rings is 2. The van der Waals surface area contributed by atoms with Gasteiger partial charge in [0.05, 0.1) is 19.1 Å². The average molecular weight is 384 g/mol. The molecule has 1 fully saturated rings. The lowest BCUT2D eigenvalue weighted by Crippen LogP contribution is -2.28. The summed E-state index contributed by atoms with van der Waals surface area (Å²) in [6, 6.07) is 9.88. The Morgan fingerprint density at radius 1 is 1.14 bits per heavy atom. The number of amides is 2. The molecule has 0 aliphatic carbocycles. The fourth-order valence-electron chi connectivity index (χ4n) is 3.37. The Balaban J connectivity index is 1.45. The van der Waals surface area contributed by atoms with Gasteiger partial charge in [-0.2, -0.15) is 0 Å². The Morgan fingerprint density at radius 2 is 1.93 bits per heavy atom. The van der Waals surface area contributed by atoms with Crippen LogP contribution in [0.4, 0.5) is 15.8 Å². The first-order chi connectivity index (χ1) is 13.5. The van der Waals surface area contributed by atoms with Gasteiger partial charge in [0.2, 0.25) is 11.8 Å².